The fourth-order valence-corrected chi connectivity index (χ4v) is 4.38. The monoisotopic (exact) mass is 359 g/mol. The van der Waals surface area contributed by atoms with Gasteiger partial charge in [0.2, 0.25) is 5.91 Å². The normalized spacial score (nSPS) is 28.0. The predicted octanol–water partition coefficient (Wildman–Crippen LogP) is 0.339. The van der Waals surface area contributed by atoms with Gasteiger partial charge in [0, 0.05) is 39.3 Å². The van der Waals surface area contributed by atoms with Crippen molar-refractivity contribution in [1.29, 1.82) is 0 Å². The number of nitrogens with zero attached hydrogens (tertiary/aromatic N) is 3. The minimum atomic E-state index is -0.398. The smallest absolute Gasteiger partial charge is 0.236 e. The lowest BCUT2D eigenvalue weighted by atomic mass is 10.00. The van der Waals surface area contributed by atoms with Crippen molar-refractivity contribution in [3.05, 3.63) is 35.4 Å². The van der Waals surface area contributed by atoms with Gasteiger partial charge in [-0.15, -0.1) is 0 Å². The molecule has 0 saturated carbocycles. The van der Waals surface area contributed by atoms with Crippen LogP contribution in [0.1, 0.15) is 17.5 Å². The molecule has 2 saturated heterocycles. The number of carbonyl (C=O) groups is 1. The lowest BCUT2D eigenvalue weighted by Crippen LogP contribution is -2.46. The van der Waals surface area contributed by atoms with Gasteiger partial charge in [-0.2, -0.15) is 0 Å². The number of hydrogen-bond donors (Lipinski definition) is 1. The van der Waals surface area contributed by atoms with Crippen LogP contribution in [-0.2, 0) is 22.5 Å². The Labute approximate surface area is 155 Å². The van der Waals surface area contributed by atoms with E-state index in [0.29, 0.717) is 19.8 Å². The van der Waals surface area contributed by atoms with Gasteiger partial charge in [0.1, 0.15) is 0 Å². The van der Waals surface area contributed by atoms with E-state index in [-0.39, 0.29) is 11.9 Å². The van der Waals surface area contributed by atoms with Gasteiger partial charge in [0.15, 0.2) is 0 Å². The Hall–Kier alpha value is -1.47. The first-order valence-corrected chi connectivity index (χ1v) is 9.77. The maximum absolute atomic E-state index is 12.8. The third-order valence-corrected chi connectivity index (χ3v) is 5.94. The molecule has 0 bridgehead atoms. The van der Waals surface area contributed by atoms with E-state index in [1.54, 1.807) is 0 Å². The van der Waals surface area contributed by atoms with Crippen LogP contribution >= 0.6 is 0 Å². The second-order valence-electron chi connectivity index (χ2n) is 7.67. The summed E-state index contributed by atoms with van der Waals surface area (Å²) in [6.07, 6.45) is 1.58. The number of hydrogen-bond acceptors (Lipinski definition) is 5. The molecule has 6 heteroatoms. The van der Waals surface area contributed by atoms with Crippen molar-refractivity contribution in [3.63, 3.8) is 0 Å². The van der Waals surface area contributed by atoms with Crippen molar-refractivity contribution in [2.45, 2.75) is 31.5 Å². The molecule has 1 aromatic rings. The van der Waals surface area contributed by atoms with Crippen LogP contribution in [0.2, 0.25) is 0 Å². The van der Waals surface area contributed by atoms with E-state index in [9.17, 15) is 9.90 Å². The minimum Gasteiger partial charge on any atom is -0.389 e. The van der Waals surface area contributed by atoms with Gasteiger partial charge in [-0.25, -0.2) is 0 Å². The molecule has 4 rings (SSSR count). The molecule has 2 fully saturated rings. The number of rotatable bonds is 3. The van der Waals surface area contributed by atoms with Crippen LogP contribution in [0.15, 0.2) is 24.3 Å². The molecule has 3 aliphatic rings. The third-order valence-electron chi connectivity index (χ3n) is 5.94. The Morgan fingerprint density at radius 2 is 1.92 bits per heavy atom. The van der Waals surface area contributed by atoms with E-state index in [1.807, 2.05) is 4.90 Å². The van der Waals surface area contributed by atoms with E-state index in [0.717, 1.165) is 52.1 Å². The van der Waals surface area contributed by atoms with Gasteiger partial charge in [-0.3, -0.25) is 14.6 Å². The number of ether oxygens (including phenoxy) is 1. The summed E-state index contributed by atoms with van der Waals surface area (Å²) < 4.78 is 5.39. The fraction of sp³-hybridized carbons (Fsp3) is 0.650. The molecule has 0 unspecified atom stereocenters. The maximum atomic E-state index is 12.8. The summed E-state index contributed by atoms with van der Waals surface area (Å²) in [5.41, 5.74) is 2.77. The van der Waals surface area contributed by atoms with Crippen LogP contribution < -0.4 is 0 Å². The summed E-state index contributed by atoms with van der Waals surface area (Å²) in [5, 5.41) is 10.1. The van der Waals surface area contributed by atoms with Crippen molar-refractivity contribution in [1.82, 2.24) is 14.7 Å². The van der Waals surface area contributed by atoms with Crippen molar-refractivity contribution < 1.29 is 14.6 Å². The molecule has 2 atom stereocenters. The zero-order valence-corrected chi connectivity index (χ0v) is 15.3. The largest absolute Gasteiger partial charge is 0.389 e. The molecule has 142 valence electrons. The zero-order valence-electron chi connectivity index (χ0n) is 15.3. The number of carbonyl (C=O) groups excluding carboxylic acids is 1. The van der Waals surface area contributed by atoms with Crippen molar-refractivity contribution >= 4 is 5.91 Å². The molecule has 0 aliphatic carbocycles. The van der Waals surface area contributed by atoms with Crippen LogP contribution in [0.25, 0.3) is 0 Å². The lowest BCUT2D eigenvalue weighted by molar-refractivity contribution is -0.132. The molecule has 1 N–H and O–H groups in total. The Balaban J connectivity index is 1.30. The van der Waals surface area contributed by atoms with Gasteiger partial charge < -0.3 is 14.7 Å². The molecule has 0 radical (unpaired) electrons. The van der Waals surface area contributed by atoms with Gasteiger partial charge >= 0.3 is 0 Å². The second kappa shape index (κ2) is 8.05. The average molecular weight is 359 g/mol. The summed E-state index contributed by atoms with van der Waals surface area (Å²) in [6, 6.07) is 8.62. The fourth-order valence-electron chi connectivity index (χ4n) is 4.38. The van der Waals surface area contributed by atoms with E-state index in [2.05, 4.69) is 34.1 Å². The highest BCUT2D eigenvalue weighted by Crippen LogP contribution is 2.19. The topological polar surface area (TPSA) is 56.3 Å². The molecular formula is C20H29N3O3. The van der Waals surface area contributed by atoms with Crippen LogP contribution in [-0.4, -0.2) is 90.3 Å². The molecular weight excluding hydrogens is 330 g/mol. The highest BCUT2D eigenvalue weighted by Gasteiger charge is 2.33. The second-order valence-corrected chi connectivity index (χ2v) is 7.67. The summed E-state index contributed by atoms with van der Waals surface area (Å²) in [7, 11) is 0. The quantitative estimate of drug-likeness (QED) is 0.843. The Kier molecular flexibility index (Phi) is 5.55. The van der Waals surface area contributed by atoms with Crippen LogP contribution in [0.3, 0.4) is 0 Å². The van der Waals surface area contributed by atoms with Crippen molar-refractivity contribution in [2.75, 3.05) is 52.5 Å². The molecule has 6 nitrogen and oxygen atoms in total. The van der Waals surface area contributed by atoms with Crippen LogP contribution in [0.4, 0.5) is 0 Å². The molecule has 3 heterocycles. The summed E-state index contributed by atoms with van der Waals surface area (Å²) in [6.45, 7) is 6.65. The zero-order chi connectivity index (χ0) is 17.9. The van der Waals surface area contributed by atoms with Gasteiger partial charge in [-0.05, 0) is 24.0 Å². The van der Waals surface area contributed by atoms with E-state index in [1.165, 1.54) is 11.1 Å². The van der Waals surface area contributed by atoms with E-state index >= 15 is 0 Å². The van der Waals surface area contributed by atoms with Crippen molar-refractivity contribution in [3.8, 4) is 0 Å². The summed E-state index contributed by atoms with van der Waals surface area (Å²) in [5.74, 6) is 0.231. The van der Waals surface area contributed by atoms with Gasteiger partial charge in [0.05, 0.1) is 31.9 Å². The predicted molar refractivity (Wildman–Crippen MR) is 98.8 cm³/mol. The number of fused-ring (bicyclic) bond motifs is 1. The average Bonchev–Trinajstić information content (AvgIpc) is 2.93. The number of amides is 1. The molecule has 1 amide bonds. The first-order valence-electron chi connectivity index (χ1n) is 9.77. The Morgan fingerprint density at radius 1 is 1.08 bits per heavy atom. The standard InChI is InChI=1S/C20H29N3O3/c24-19-15-26-14-18(19)22-7-3-8-23(11-10-22)20(25)13-21-9-6-16-4-1-2-5-17(16)12-21/h1-2,4-5,18-19,24H,3,6-15H2/t18-,19-/m0/s1. The SMILES string of the molecule is O=C(CN1CCc2ccccc2C1)N1CCCN([C@H]2COC[C@@H]2O)CC1. The van der Waals surface area contributed by atoms with E-state index in [4.69, 9.17) is 4.74 Å². The van der Waals surface area contributed by atoms with Crippen molar-refractivity contribution in [2.24, 2.45) is 0 Å². The van der Waals surface area contributed by atoms with E-state index < -0.39 is 6.10 Å². The number of aliphatic hydroxyl groups is 1. The minimum absolute atomic E-state index is 0.0867. The third kappa shape index (κ3) is 3.93. The molecule has 0 aromatic heterocycles. The first-order chi connectivity index (χ1) is 12.7. The highest BCUT2D eigenvalue weighted by atomic mass is 16.5. The first kappa shape index (κ1) is 17.9. The summed E-state index contributed by atoms with van der Waals surface area (Å²) >= 11 is 0. The van der Waals surface area contributed by atoms with Gasteiger partial charge in [0.25, 0.3) is 0 Å². The molecule has 1 aromatic carbocycles. The number of benzene rings is 1. The Morgan fingerprint density at radius 3 is 2.73 bits per heavy atom. The van der Waals surface area contributed by atoms with Crippen LogP contribution in [0.5, 0.6) is 0 Å². The molecule has 3 aliphatic heterocycles. The summed E-state index contributed by atoms with van der Waals surface area (Å²) in [4.78, 5) is 19.4. The molecule has 26 heavy (non-hydrogen) atoms. The maximum Gasteiger partial charge on any atom is 0.236 e. The lowest BCUT2D eigenvalue weighted by Gasteiger charge is -2.31. The molecule has 0 spiro atoms. The van der Waals surface area contributed by atoms with Gasteiger partial charge in [-0.1, -0.05) is 24.3 Å². The number of aliphatic hydroxyl groups excluding tert-OH is 1. The van der Waals surface area contributed by atoms with Crippen LogP contribution in [0, 0.1) is 0 Å². The Bertz CT molecular complexity index is 638. The highest BCUT2D eigenvalue weighted by molar-refractivity contribution is 5.78.